The number of hydrogen-bond acceptors (Lipinski definition) is 2. The fraction of sp³-hybridized carbons (Fsp3) is 0.308. The molecule has 0 atom stereocenters. The van der Waals surface area contributed by atoms with E-state index in [1.54, 1.807) is 19.1 Å². The van der Waals surface area contributed by atoms with Gasteiger partial charge in [0.1, 0.15) is 5.82 Å². The molecule has 92 valence electrons. The van der Waals surface area contributed by atoms with Crippen LogP contribution >= 0.6 is 0 Å². The van der Waals surface area contributed by atoms with Crippen LogP contribution in [0.4, 0.5) is 4.39 Å². The van der Waals surface area contributed by atoms with Crippen LogP contribution < -0.4 is 5.32 Å². The van der Waals surface area contributed by atoms with E-state index in [2.05, 4.69) is 5.32 Å². The summed E-state index contributed by atoms with van der Waals surface area (Å²) >= 11 is 0. The van der Waals surface area contributed by atoms with Gasteiger partial charge in [-0.15, -0.1) is 0 Å². The first-order valence-corrected chi connectivity index (χ1v) is 5.51. The van der Waals surface area contributed by atoms with Crippen LogP contribution in [-0.2, 0) is 11.3 Å². The topological polar surface area (TPSA) is 49.3 Å². The molecular formula is C13H16FNO2. The van der Waals surface area contributed by atoms with E-state index in [1.165, 1.54) is 12.1 Å². The van der Waals surface area contributed by atoms with Gasteiger partial charge in [0.25, 0.3) is 0 Å². The van der Waals surface area contributed by atoms with Crippen molar-refractivity contribution in [3.63, 3.8) is 0 Å². The summed E-state index contributed by atoms with van der Waals surface area (Å²) in [5.74, 6) is -1.15. The summed E-state index contributed by atoms with van der Waals surface area (Å²) in [7, 11) is 0. The van der Waals surface area contributed by atoms with Crippen molar-refractivity contribution in [2.45, 2.75) is 19.9 Å². The van der Waals surface area contributed by atoms with E-state index in [9.17, 15) is 9.18 Å². The highest BCUT2D eigenvalue weighted by atomic mass is 19.1. The molecule has 1 aromatic carbocycles. The Hall–Kier alpha value is -1.68. The lowest BCUT2D eigenvalue weighted by atomic mass is 10.2. The van der Waals surface area contributed by atoms with Gasteiger partial charge in [0.2, 0.25) is 0 Å². The summed E-state index contributed by atoms with van der Waals surface area (Å²) < 4.78 is 12.8. The van der Waals surface area contributed by atoms with E-state index < -0.39 is 5.97 Å². The van der Waals surface area contributed by atoms with E-state index in [1.807, 2.05) is 6.07 Å². The maximum atomic E-state index is 12.8. The molecule has 0 spiro atoms. The smallest absolute Gasteiger partial charge is 0.331 e. The van der Waals surface area contributed by atoms with Crippen molar-refractivity contribution in [3.8, 4) is 0 Å². The number of carbonyl (C=O) groups is 1. The lowest BCUT2D eigenvalue weighted by Gasteiger charge is -2.03. The molecule has 0 aliphatic carbocycles. The molecule has 0 bridgehead atoms. The predicted octanol–water partition coefficient (Wildman–Crippen LogP) is 2.34. The number of halogens is 1. The molecule has 0 aromatic heterocycles. The Labute approximate surface area is 100.0 Å². The molecule has 0 aliphatic rings. The van der Waals surface area contributed by atoms with Crippen molar-refractivity contribution in [1.82, 2.24) is 5.32 Å². The number of carboxylic acid groups (broad SMARTS) is 1. The quantitative estimate of drug-likeness (QED) is 0.589. The van der Waals surface area contributed by atoms with Gasteiger partial charge in [-0.05, 0) is 24.1 Å². The van der Waals surface area contributed by atoms with Gasteiger partial charge in [0.05, 0.1) is 0 Å². The Morgan fingerprint density at radius 1 is 1.53 bits per heavy atom. The summed E-state index contributed by atoms with van der Waals surface area (Å²) in [4.78, 5) is 10.7. The molecule has 17 heavy (non-hydrogen) atoms. The molecular weight excluding hydrogens is 221 g/mol. The second-order valence-electron chi connectivity index (χ2n) is 3.65. The van der Waals surface area contributed by atoms with Gasteiger partial charge in [0, 0.05) is 18.7 Å². The minimum Gasteiger partial charge on any atom is -0.478 e. The molecule has 1 rings (SSSR count). The maximum Gasteiger partial charge on any atom is 0.331 e. The fourth-order valence-corrected chi connectivity index (χ4v) is 1.44. The molecule has 0 fully saturated rings. The summed E-state index contributed by atoms with van der Waals surface area (Å²) in [6.07, 6.45) is 2.14. The Bertz CT molecular complexity index is 416. The fourth-order valence-electron chi connectivity index (χ4n) is 1.44. The van der Waals surface area contributed by atoms with Crippen molar-refractivity contribution in [3.05, 3.63) is 47.3 Å². The van der Waals surface area contributed by atoms with Gasteiger partial charge in [-0.3, -0.25) is 0 Å². The Morgan fingerprint density at radius 2 is 2.29 bits per heavy atom. The van der Waals surface area contributed by atoms with E-state index in [0.29, 0.717) is 25.1 Å². The normalized spacial score (nSPS) is 11.5. The van der Waals surface area contributed by atoms with Crippen LogP contribution in [0.15, 0.2) is 35.9 Å². The molecule has 0 heterocycles. The van der Waals surface area contributed by atoms with Crippen LogP contribution in [0.2, 0.25) is 0 Å². The van der Waals surface area contributed by atoms with Crippen molar-refractivity contribution >= 4 is 5.97 Å². The van der Waals surface area contributed by atoms with Crippen LogP contribution in [0.25, 0.3) is 0 Å². The number of benzene rings is 1. The van der Waals surface area contributed by atoms with Crippen molar-refractivity contribution in [1.29, 1.82) is 0 Å². The van der Waals surface area contributed by atoms with E-state index in [4.69, 9.17) is 5.11 Å². The highest BCUT2D eigenvalue weighted by molar-refractivity contribution is 5.86. The molecule has 1 aromatic rings. The first kappa shape index (κ1) is 13.4. The van der Waals surface area contributed by atoms with Gasteiger partial charge in [-0.25, -0.2) is 9.18 Å². The highest BCUT2D eigenvalue weighted by Crippen LogP contribution is 2.03. The molecule has 0 unspecified atom stereocenters. The van der Waals surface area contributed by atoms with Gasteiger partial charge >= 0.3 is 5.97 Å². The maximum absolute atomic E-state index is 12.8. The number of carboxylic acids is 1. The van der Waals surface area contributed by atoms with Crippen molar-refractivity contribution in [2.24, 2.45) is 0 Å². The van der Waals surface area contributed by atoms with E-state index in [0.717, 1.165) is 5.56 Å². The van der Waals surface area contributed by atoms with Crippen LogP contribution in [0.1, 0.15) is 18.9 Å². The predicted molar refractivity (Wildman–Crippen MR) is 64.1 cm³/mol. The zero-order chi connectivity index (χ0) is 12.7. The average Bonchev–Trinajstić information content (AvgIpc) is 2.28. The average molecular weight is 237 g/mol. The molecule has 3 nitrogen and oxygen atoms in total. The molecule has 0 saturated carbocycles. The van der Waals surface area contributed by atoms with Crippen LogP contribution in [0.3, 0.4) is 0 Å². The molecule has 4 heteroatoms. The second-order valence-corrected chi connectivity index (χ2v) is 3.65. The number of hydrogen-bond donors (Lipinski definition) is 2. The van der Waals surface area contributed by atoms with Crippen molar-refractivity contribution < 1.29 is 14.3 Å². The summed E-state index contributed by atoms with van der Waals surface area (Å²) in [6.45, 7) is 2.78. The summed E-state index contributed by atoms with van der Waals surface area (Å²) in [6, 6.07) is 6.31. The highest BCUT2D eigenvalue weighted by Gasteiger charge is 2.02. The first-order chi connectivity index (χ1) is 8.13. The minimum absolute atomic E-state index is 0.264. The standard InChI is InChI=1S/C13H16FNO2/c1-2-11(13(16)17)6-7-15-9-10-4-3-5-12(14)8-10/h3-6,8,15H,2,7,9H2,1H3,(H,16,17)/b11-6-. The third-order valence-electron chi connectivity index (χ3n) is 2.37. The van der Waals surface area contributed by atoms with Gasteiger partial charge < -0.3 is 10.4 Å². The molecule has 0 radical (unpaired) electrons. The zero-order valence-electron chi connectivity index (χ0n) is 9.74. The summed E-state index contributed by atoms with van der Waals surface area (Å²) in [5, 5.41) is 11.8. The van der Waals surface area contributed by atoms with Crippen LogP contribution in [0.5, 0.6) is 0 Å². The molecule has 0 aliphatic heterocycles. The second kappa shape index (κ2) is 6.81. The Kier molecular flexibility index (Phi) is 5.36. The lowest BCUT2D eigenvalue weighted by molar-refractivity contribution is -0.132. The SMILES string of the molecule is CC/C(=C/CNCc1cccc(F)c1)C(=O)O. The minimum atomic E-state index is -0.889. The number of aliphatic carboxylic acids is 1. The van der Waals surface area contributed by atoms with Crippen molar-refractivity contribution in [2.75, 3.05) is 6.54 Å². The third-order valence-corrected chi connectivity index (χ3v) is 2.37. The summed E-state index contributed by atoms with van der Waals surface area (Å²) in [5.41, 5.74) is 1.23. The Morgan fingerprint density at radius 3 is 2.88 bits per heavy atom. The van der Waals surface area contributed by atoms with Gasteiger partial charge in [-0.2, -0.15) is 0 Å². The number of rotatable bonds is 6. The van der Waals surface area contributed by atoms with E-state index in [-0.39, 0.29) is 5.82 Å². The monoisotopic (exact) mass is 237 g/mol. The lowest BCUT2D eigenvalue weighted by Crippen LogP contribution is -2.14. The van der Waals surface area contributed by atoms with Crippen LogP contribution in [-0.4, -0.2) is 17.6 Å². The molecule has 0 amide bonds. The first-order valence-electron chi connectivity index (χ1n) is 5.51. The van der Waals surface area contributed by atoms with Gasteiger partial charge in [-0.1, -0.05) is 25.1 Å². The number of nitrogens with one attached hydrogen (secondary N) is 1. The zero-order valence-corrected chi connectivity index (χ0v) is 9.74. The largest absolute Gasteiger partial charge is 0.478 e. The van der Waals surface area contributed by atoms with Crippen LogP contribution in [0, 0.1) is 5.82 Å². The third kappa shape index (κ3) is 4.78. The molecule has 2 N–H and O–H groups in total. The van der Waals surface area contributed by atoms with Gasteiger partial charge in [0.15, 0.2) is 0 Å². The molecule has 0 saturated heterocycles. The Balaban J connectivity index is 2.40. The van der Waals surface area contributed by atoms with E-state index >= 15 is 0 Å².